The van der Waals surface area contributed by atoms with Crippen molar-refractivity contribution in [2.45, 2.75) is 25.8 Å². The summed E-state index contributed by atoms with van der Waals surface area (Å²) in [5, 5.41) is 8.85. The highest BCUT2D eigenvalue weighted by molar-refractivity contribution is 9.10. The zero-order valence-electron chi connectivity index (χ0n) is 10.0. The van der Waals surface area contributed by atoms with Gasteiger partial charge in [-0.2, -0.15) is 0 Å². The maximum Gasteiger partial charge on any atom is 0.323 e. The summed E-state index contributed by atoms with van der Waals surface area (Å²) in [4.78, 5) is 24.5. The molecule has 1 N–H and O–H groups in total. The number of carboxylic acid groups (broad SMARTS) is 1. The van der Waals surface area contributed by atoms with Crippen LogP contribution in [0, 0.1) is 6.92 Å². The molecule has 1 saturated carbocycles. The fraction of sp³-hybridized carbons (Fsp3) is 0.385. The number of halogens is 1. The van der Waals surface area contributed by atoms with E-state index in [0.29, 0.717) is 5.56 Å². The van der Waals surface area contributed by atoms with E-state index in [9.17, 15) is 9.59 Å². The van der Waals surface area contributed by atoms with Crippen molar-refractivity contribution in [3.05, 3.63) is 33.8 Å². The Kier molecular flexibility index (Phi) is 3.71. The summed E-state index contributed by atoms with van der Waals surface area (Å²) < 4.78 is 0.940. The molecule has 0 aliphatic heterocycles. The summed E-state index contributed by atoms with van der Waals surface area (Å²) in [6.45, 7) is 1.68. The van der Waals surface area contributed by atoms with Crippen molar-refractivity contribution in [2.75, 3.05) is 6.54 Å². The molecule has 0 unspecified atom stereocenters. The second kappa shape index (κ2) is 5.10. The van der Waals surface area contributed by atoms with E-state index in [-0.39, 0.29) is 18.5 Å². The third-order valence-electron chi connectivity index (χ3n) is 2.96. The van der Waals surface area contributed by atoms with Gasteiger partial charge in [-0.25, -0.2) is 0 Å². The fourth-order valence-corrected chi connectivity index (χ4v) is 2.09. The van der Waals surface area contributed by atoms with Gasteiger partial charge in [0, 0.05) is 16.1 Å². The number of hydrogen-bond donors (Lipinski definition) is 1. The first-order chi connectivity index (χ1) is 8.49. The van der Waals surface area contributed by atoms with Gasteiger partial charge < -0.3 is 10.0 Å². The van der Waals surface area contributed by atoms with Gasteiger partial charge in [0.1, 0.15) is 6.54 Å². The standard InChI is InChI=1S/C13H14BrNO3/c1-8-6-9(2-5-11(8)14)13(18)15(7-12(16)17)10-3-4-10/h2,5-6,10H,3-4,7H2,1H3,(H,16,17). The highest BCUT2D eigenvalue weighted by Crippen LogP contribution is 2.28. The van der Waals surface area contributed by atoms with E-state index < -0.39 is 5.97 Å². The molecule has 18 heavy (non-hydrogen) atoms. The zero-order chi connectivity index (χ0) is 13.3. The van der Waals surface area contributed by atoms with Crippen LogP contribution in [0.3, 0.4) is 0 Å². The first-order valence-electron chi connectivity index (χ1n) is 5.78. The summed E-state index contributed by atoms with van der Waals surface area (Å²) in [5.41, 5.74) is 1.51. The number of amides is 1. The number of carbonyl (C=O) groups excluding carboxylic acids is 1. The Morgan fingerprint density at radius 2 is 2.11 bits per heavy atom. The molecule has 2 rings (SSSR count). The molecule has 0 saturated heterocycles. The van der Waals surface area contributed by atoms with Gasteiger partial charge in [-0.15, -0.1) is 0 Å². The van der Waals surface area contributed by atoms with Crippen LogP contribution in [0.1, 0.15) is 28.8 Å². The van der Waals surface area contributed by atoms with Crippen LogP contribution < -0.4 is 0 Å². The van der Waals surface area contributed by atoms with Crippen molar-refractivity contribution in [3.8, 4) is 0 Å². The van der Waals surface area contributed by atoms with Crippen LogP contribution in [0.15, 0.2) is 22.7 Å². The minimum atomic E-state index is -0.968. The summed E-state index contributed by atoms with van der Waals surface area (Å²) in [5.74, 6) is -1.17. The molecular weight excluding hydrogens is 298 g/mol. The average molecular weight is 312 g/mol. The van der Waals surface area contributed by atoms with E-state index in [2.05, 4.69) is 15.9 Å². The van der Waals surface area contributed by atoms with E-state index in [1.807, 2.05) is 13.0 Å². The molecule has 1 aromatic carbocycles. The third kappa shape index (κ3) is 2.90. The van der Waals surface area contributed by atoms with E-state index in [1.165, 1.54) is 4.90 Å². The second-order valence-corrected chi connectivity index (χ2v) is 5.38. The SMILES string of the molecule is Cc1cc(C(=O)N(CC(=O)O)C2CC2)ccc1Br. The zero-order valence-corrected chi connectivity index (χ0v) is 11.6. The number of carboxylic acids is 1. The first kappa shape index (κ1) is 13.1. The van der Waals surface area contributed by atoms with E-state index in [1.54, 1.807) is 12.1 Å². The van der Waals surface area contributed by atoms with Gasteiger partial charge >= 0.3 is 5.97 Å². The molecule has 0 bridgehead atoms. The number of carbonyl (C=O) groups is 2. The van der Waals surface area contributed by atoms with Crippen molar-refractivity contribution in [2.24, 2.45) is 0 Å². The molecule has 1 aliphatic carbocycles. The molecular formula is C13H14BrNO3. The lowest BCUT2D eigenvalue weighted by molar-refractivity contribution is -0.137. The molecule has 1 aliphatic rings. The van der Waals surface area contributed by atoms with Gasteiger partial charge in [0.2, 0.25) is 0 Å². The third-order valence-corrected chi connectivity index (χ3v) is 3.85. The van der Waals surface area contributed by atoms with E-state index in [0.717, 1.165) is 22.9 Å². The van der Waals surface area contributed by atoms with Crippen molar-refractivity contribution >= 4 is 27.8 Å². The Labute approximate surface area is 114 Å². The lowest BCUT2D eigenvalue weighted by Gasteiger charge is -2.20. The Balaban J connectivity index is 2.21. The largest absolute Gasteiger partial charge is 0.480 e. The number of aryl methyl sites for hydroxylation is 1. The molecule has 1 fully saturated rings. The van der Waals surface area contributed by atoms with Crippen molar-refractivity contribution in [3.63, 3.8) is 0 Å². The molecule has 0 heterocycles. The van der Waals surface area contributed by atoms with Crippen molar-refractivity contribution in [1.29, 1.82) is 0 Å². The highest BCUT2D eigenvalue weighted by atomic mass is 79.9. The van der Waals surface area contributed by atoms with E-state index in [4.69, 9.17) is 5.11 Å². The predicted molar refractivity (Wildman–Crippen MR) is 70.6 cm³/mol. The monoisotopic (exact) mass is 311 g/mol. The molecule has 0 aromatic heterocycles. The van der Waals surface area contributed by atoms with Crippen LogP contribution in [0.2, 0.25) is 0 Å². The van der Waals surface area contributed by atoms with Gasteiger partial charge in [-0.05, 0) is 43.5 Å². The lowest BCUT2D eigenvalue weighted by Crippen LogP contribution is -2.37. The number of rotatable bonds is 4. The summed E-state index contributed by atoms with van der Waals surface area (Å²) in [7, 11) is 0. The highest BCUT2D eigenvalue weighted by Gasteiger charge is 2.34. The summed E-state index contributed by atoms with van der Waals surface area (Å²) in [6.07, 6.45) is 1.79. The van der Waals surface area contributed by atoms with E-state index >= 15 is 0 Å². The van der Waals surface area contributed by atoms with Crippen LogP contribution in [0.25, 0.3) is 0 Å². The maximum atomic E-state index is 12.3. The summed E-state index contributed by atoms with van der Waals surface area (Å²) >= 11 is 3.38. The minimum absolute atomic E-state index is 0.0950. The van der Waals surface area contributed by atoms with Gasteiger partial charge in [-0.1, -0.05) is 15.9 Å². The molecule has 0 atom stereocenters. The molecule has 1 aromatic rings. The van der Waals surface area contributed by atoms with Gasteiger partial charge in [0.15, 0.2) is 0 Å². The quantitative estimate of drug-likeness (QED) is 0.929. The van der Waals surface area contributed by atoms with Gasteiger partial charge in [0.25, 0.3) is 5.91 Å². The van der Waals surface area contributed by atoms with Crippen LogP contribution >= 0.6 is 15.9 Å². The van der Waals surface area contributed by atoms with Gasteiger partial charge in [-0.3, -0.25) is 9.59 Å². The number of hydrogen-bond acceptors (Lipinski definition) is 2. The topological polar surface area (TPSA) is 57.6 Å². The first-order valence-corrected chi connectivity index (χ1v) is 6.57. The lowest BCUT2D eigenvalue weighted by atomic mass is 10.1. The number of benzene rings is 1. The second-order valence-electron chi connectivity index (χ2n) is 4.52. The Morgan fingerprint density at radius 1 is 1.44 bits per heavy atom. The Morgan fingerprint density at radius 3 is 2.61 bits per heavy atom. The molecule has 96 valence electrons. The molecule has 1 amide bonds. The maximum absolute atomic E-state index is 12.3. The van der Waals surface area contributed by atoms with Crippen LogP contribution in [-0.4, -0.2) is 34.5 Å². The smallest absolute Gasteiger partial charge is 0.323 e. The fourth-order valence-electron chi connectivity index (χ4n) is 1.84. The Hall–Kier alpha value is -1.36. The van der Waals surface area contributed by atoms with Crippen molar-refractivity contribution in [1.82, 2.24) is 4.90 Å². The summed E-state index contributed by atoms with van der Waals surface area (Å²) in [6, 6.07) is 5.41. The van der Waals surface area contributed by atoms with Gasteiger partial charge in [0.05, 0.1) is 0 Å². The predicted octanol–water partition coefficient (Wildman–Crippen LogP) is 2.45. The van der Waals surface area contributed by atoms with Crippen LogP contribution in [0.4, 0.5) is 0 Å². The van der Waals surface area contributed by atoms with Crippen LogP contribution in [0.5, 0.6) is 0 Å². The number of aliphatic carboxylic acids is 1. The van der Waals surface area contributed by atoms with Crippen LogP contribution in [-0.2, 0) is 4.79 Å². The normalized spacial score (nSPS) is 14.3. The molecule has 5 heteroatoms. The minimum Gasteiger partial charge on any atom is -0.480 e. The number of nitrogens with zero attached hydrogens (tertiary/aromatic N) is 1. The molecule has 0 radical (unpaired) electrons. The average Bonchev–Trinajstić information content (AvgIpc) is 3.12. The molecule has 0 spiro atoms. The molecule has 4 nitrogen and oxygen atoms in total. The Bertz CT molecular complexity index is 497. The van der Waals surface area contributed by atoms with Crippen molar-refractivity contribution < 1.29 is 14.7 Å².